The number of methoxy groups -OCH3 is 1. The van der Waals surface area contributed by atoms with Gasteiger partial charge in [-0.05, 0) is 56.7 Å². The third-order valence-corrected chi connectivity index (χ3v) is 6.89. The number of benzene rings is 2. The fourth-order valence-corrected chi connectivity index (χ4v) is 4.55. The first-order valence-corrected chi connectivity index (χ1v) is 13.0. The third kappa shape index (κ3) is 8.56. The minimum atomic E-state index is -0.562. The summed E-state index contributed by atoms with van der Waals surface area (Å²) < 4.78 is 4.94. The maximum atomic E-state index is 12.1. The molecule has 214 valence electrons. The summed E-state index contributed by atoms with van der Waals surface area (Å²) in [5, 5.41) is 36.4. The highest BCUT2D eigenvalue weighted by Gasteiger charge is 2.23. The predicted octanol–water partition coefficient (Wildman–Crippen LogP) is 3.47. The van der Waals surface area contributed by atoms with E-state index in [0.29, 0.717) is 49.7 Å². The Morgan fingerprint density at radius 3 is 1.88 bits per heavy atom. The Kier molecular flexibility index (Phi) is 10.6. The molecule has 0 aromatic heterocycles. The van der Waals surface area contributed by atoms with Gasteiger partial charge in [-0.3, -0.25) is 34.6 Å². The van der Waals surface area contributed by atoms with Crippen LogP contribution in [0.25, 0.3) is 0 Å². The van der Waals surface area contributed by atoms with E-state index in [1.807, 2.05) is 0 Å². The Morgan fingerprint density at radius 2 is 1.35 bits per heavy atom. The van der Waals surface area contributed by atoms with Crippen LogP contribution < -0.4 is 15.4 Å². The Bertz CT molecular complexity index is 1230. The number of nitro benzene ring substituents is 2. The van der Waals surface area contributed by atoms with Crippen molar-refractivity contribution in [1.82, 2.24) is 10.6 Å². The lowest BCUT2D eigenvalue weighted by atomic mass is 9.93. The molecule has 2 aliphatic carbocycles. The van der Waals surface area contributed by atoms with Crippen LogP contribution in [0.2, 0.25) is 0 Å². The fraction of sp³-hybridized carbons (Fsp3) is 0.444. The van der Waals surface area contributed by atoms with Crippen molar-refractivity contribution in [1.29, 1.82) is 0 Å². The number of aliphatic hydroxyl groups excluding tert-OH is 1. The van der Waals surface area contributed by atoms with Gasteiger partial charge in [0.2, 0.25) is 0 Å². The number of rotatable bonds is 7. The van der Waals surface area contributed by atoms with Gasteiger partial charge in [-0.25, -0.2) is 0 Å². The van der Waals surface area contributed by atoms with Crippen molar-refractivity contribution in [2.45, 2.75) is 69.6 Å². The molecule has 2 aliphatic rings. The number of ether oxygens (including phenoxy) is 1. The van der Waals surface area contributed by atoms with Crippen molar-refractivity contribution >= 4 is 29.0 Å². The van der Waals surface area contributed by atoms with Crippen LogP contribution in [-0.4, -0.2) is 57.8 Å². The lowest BCUT2D eigenvalue weighted by Gasteiger charge is -2.26. The van der Waals surface area contributed by atoms with Gasteiger partial charge in [-0.15, -0.1) is 0 Å². The van der Waals surface area contributed by atoms with Crippen LogP contribution in [0.1, 0.15) is 72.1 Å². The molecule has 2 aromatic rings. The van der Waals surface area contributed by atoms with Crippen molar-refractivity contribution in [3.8, 4) is 5.75 Å². The van der Waals surface area contributed by atoms with Gasteiger partial charge in [-0.1, -0.05) is 0 Å². The number of carbonyl (C=O) groups is 3. The molecular weight excluding hydrogens is 524 g/mol. The van der Waals surface area contributed by atoms with Crippen molar-refractivity contribution in [2.75, 3.05) is 7.11 Å². The Morgan fingerprint density at radius 1 is 0.825 bits per heavy atom. The summed E-state index contributed by atoms with van der Waals surface area (Å²) >= 11 is 0. The smallest absolute Gasteiger partial charge is 0.310 e. The van der Waals surface area contributed by atoms with Crippen LogP contribution in [0.15, 0.2) is 42.5 Å². The molecule has 2 saturated carbocycles. The van der Waals surface area contributed by atoms with Crippen LogP contribution in [0, 0.1) is 20.2 Å². The quantitative estimate of drug-likeness (QED) is 0.338. The van der Waals surface area contributed by atoms with Gasteiger partial charge >= 0.3 is 5.69 Å². The van der Waals surface area contributed by atoms with Crippen molar-refractivity contribution < 1.29 is 34.1 Å². The molecule has 0 aliphatic heterocycles. The molecule has 2 aromatic carbocycles. The highest BCUT2D eigenvalue weighted by molar-refractivity contribution is 5.95. The zero-order valence-corrected chi connectivity index (χ0v) is 22.0. The summed E-state index contributed by atoms with van der Waals surface area (Å²) in [6.07, 6.45) is 4.90. The van der Waals surface area contributed by atoms with Gasteiger partial charge in [0.15, 0.2) is 5.75 Å². The van der Waals surface area contributed by atoms with Crippen LogP contribution in [0.5, 0.6) is 5.75 Å². The number of carbonyl (C=O) groups excluding carboxylic acids is 3. The molecule has 0 spiro atoms. The summed E-state index contributed by atoms with van der Waals surface area (Å²) in [6, 6.07) is 9.57. The number of amides is 2. The first-order valence-electron chi connectivity index (χ1n) is 13.0. The lowest BCUT2D eigenvalue weighted by Crippen LogP contribution is -2.38. The highest BCUT2D eigenvalue weighted by atomic mass is 16.6. The van der Waals surface area contributed by atoms with Gasteiger partial charge in [0, 0.05) is 60.3 Å². The molecule has 3 N–H and O–H groups in total. The highest BCUT2D eigenvalue weighted by Crippen LogP contribution is 2.28. The molecule has 0 heterocycles. The Hall–Kier alpha value is -4.39. The molecule has 0 atom stereocenters. The minimum Gasteiger partial charge on any atom is -0.490 e. The molecule has 0 saturated heterocycles. The number of nitrogens with one attached hydrogen (secondary N) is 2. The van der Waals surface area contributed by atoms with Gasteiger partial charge < -0.3 is 20.5 Å². The zero-order chi connectivity index (χ0) is 29.2. The summed E-state index contributed by atoms with van der Waals surface area (Å²) in [4.78, 5) is 55.5. The van der Waals surface area contributed by atoms with E-state index in [1.165, 1.54) is 49.6 Å². The molecule has 2 fully saturated rings. The molecule has 0 bridgehead atoms. The summed E-state index contributed by atoms with van der Waals surface area (Å²) in [5.41, 5.74) is 0.501. The summed E-state index contributed by atoms with van der Waals surface area (Å²) in [6.45, 7) is 0. The monoisotopic (exact) mass is 556 g/mol. The second-order valence-electron chi connectivity index (χ2n) is 9.71. The molecule has 40 heavy (non-hydrogen) atoms. The number of nitrogens with zero attached hydrogens (tertiary/aromatic N) is 2. The number of non-ortho nitro benzene ring substituents is 1. The summed E-state index contributed by atoms with van der Waals surface area (Å²) in [5.74, 6) is -0.275. The lowest BCUT2D eigenvalue weighted by molar-refractivity contribution is -0.385. The molecule has 2 amide bonds. The van der Waals surface area contributed by atoms with E-state index in [9.17, 15) is 39.7 Å². The normalized spacial score (nSPS) is 19.0. The number of nitro groups is 2. The van der Waals surface area contributed by atoms with Crippen LogP contribution in [0.3, 0.4) is 0 Å². The SMILES string of the molecule is COc1cc(C(=O)NC2CCC(=O)CC2)ccc1[N+](=O)[O-].O=C(NC1CCC(O)CC1)c1ccc([N+](=O)[O-])cc1. The van der Waals surface area contributed by atoms with E-state index in [0.717, 1.165) is 12.8 Å². The Labute approximate surface area is 230 Å². The maximum absolute atomic E-state index is 12.1. The van der Waals surface area contributed by atoms with E-state index in [4.69, 9.17) is 4.74 Å². The Balaban J connectivity index is 0.000000222. The van der Waals surface area contributed by atoms with Crippen LogP contribution in [-0.2, 0) is 4.79 Å². The minimum absolute atomic E-state index is 0.0302. The number of ketones is 1. The van der Waals surface area contributed by atoms with E-state index >= 15 is 0 Å². The zero-order valence-electron chi connectivity index (χ0n) is 22.0. The van der Waals surface area contributed by atoms with E-state index in [1.54, 1.807) is 0 Å². The first-order chi connectivity index (χ1) is 19.1. The molecule has 0 radical (unpaired) electrons. The van der Waals surface area contributed by atoms with Gasteiger partial charge in [0.05, 0.1) is 23.1 Å². The van der Waals surface area contributed by atoms with Crippen molar-refractivity contribution in [3.05, 3.63) is 73.8 Å². The first kappa shape index (κ1) is 30.2. The number of aliphatic hydroxyl groups is 1. The second kappa shape index (κ2) is 14.1. The predicted molar refractivity (Wildman–Crippen MR) is 143 cm³/mol. The maximum Gasteiger partial charge on any atom is 0.310 e. The van der Waals surface area contributed by atoms with E-state index in [-0.39, 0.29) is 52.9 Å². The van der Waals surface area contributed by atoms with Crippen LogP contribution >= 0.6 is 0 Å². The topological polar surface area (TPSA) is 191 Å². The molecule has 4 rings (SSSR count). The van der Waals surface area contributed by atoms with Gasteiger partial charge in [-0.2, -0.15) is 0 Å². The van der Waals surface area contributed by atoms with Gasteiger partial charge in [0.25, 0.3) is 17.5 Å². The van der Waals surface area contributed by atoms with Crippen molar-refractivity contribution in [2.24, 2.45) is 0 Å². The number of hydrogen-bond acceptors (Lipinski definition) is 9. The molecule has 13 heteroatoms. The number of Topliss-reactive ketones (excluding diaryl/α,β-unsaturated/α-hetero) is 1. The molecule has 0 unspecified atom stereocenters. The third-order valence-electron chi connectivity index (χ3n) is 6.89. The van der Waals surface area contributed by atoms with E-state index < -0.39 is 9.85 Å². The fourth-order valence-electron chi connectivity index (χ4n) is 4.55. The van der Waals surface area contributed by atoms with Crippen molar-refractivity contribution in [3.63, 3.8) is 0 Å². The standard InChI is InChI=1S/C14H16N2O5.C13H16N2O4/c1-21-13-8-9(2-7-12(13)16(19)20)14(18)15-10-3-5-11(17)6-4-10;16-12-7-3-10(4-8-12)14-13(17)9-1-5-11(6-2-9)15(18)19/h2,7-8,10H,3-6H2,1H3,(H,15,18);1-2,5-6,10,12,16H,3-4,7-8H2,(H,14,17). The average Bonchev–Trinajstić information content (AvgIpc) is 2.95. The van der Waals surface area contributed by atoms with Crippen LogP contribution in [0.4, 0.5) is 11.4 Å². The second-order valence-corrected chi connectivity index (χ2v) is 9.71. The van der Waals surface area contributed by atoms with E-state index in [2.05, 4.69) is 10.6 Å². The average molecular weight is 557 g/mol. The molecular formula is C27H32N4O9. The molecule has 13 nitrogen and oxygen atoms in total. The summed E-state index contributed by atoms with van der Waals surface area (Å²) in [7, 11) is 1.32. The van der Waals surface area contributed by atoms with Gasteiger partial charge in [0.1, 0.15) is 5.78 Å². The number of hydrogen-bond donors (Lipinski definition) is 3. The largest absolute Gasteiger partial charge is 0.490 e.